The minimum atomic E-state index is -0.120. The Labute approximate surface area is 144 Å². The van der Waals surface area contributed by atoms with Crippen LogP contribution < -0.4 is 4.90 Å². The molecule has 2 aliphatic rings. The third-order valence-corrected chi connectivity index (χ3v) is 5.53. The first-order valence-electron chi connectivity index (χ1n) is 8.69. The van der Waals surface area contributed by atoms with Gasteiger partial charge in [-0.3, -0.25) is 4.98 Å². The van der Waals surface area contributed by atoms with E-state index in [-0.39, 0.29) is 5.66 Å². The second-order valence-electron chi connectivity index (χ2n) is 7.65. The molecule has 0 bridgehead atoms. The molecule has 0 aliphatic carbocycles. The van der Waals surface area contributed by atoms with Crippen LogP contribution >= 0.6 is 0 Å². The Bertz CT molecular complexity index is 861. The predicted octanol–water partition coefficient (Wildman–Crippen LogP) is 4.88. The lowest BCUT2D eigenvalue weighted by molar-refractivity contribution is 0.220. The monoisotopic (exact) mass is 319 g/mol. The Morgan fingerprint density at radius 3 is 2.46 bits per heavy atom. The number of rotatable bonds is 1. The number of anilines is 1. The molecule has 3 heteroatoms. The molecular weight excluding hydrogens is 294 g/mol. The van der Waals surface area contributed by atoms with E-state index in [4.69, 9.17) is 4.98 Å². The maximum absolute atomic E-state index is 4.80. The number of benzene rings is 1. The molecule has 124 valence electrons. The van der Waals surface area contributed by atoms with Gasteiger partial charge >= 0.3 is 0 Å². The van der Waals surface area contributed by atoms with E-state index in [1.165, 1.54) is 33.8 Å². The molecule has 2 aromatic rings. The standard InChI is InChI=1S/C21H25N3/c1-13(2)18-20-17-15(11-8-12-22-17)16-10-7-9-14(3)19(16)24(20)21(4,5)23(18)6/h7-13H,1-6H3. The number of allylic oxidation sites excluding steroid dienone is 1. The van der Waals surface area contributed by atoms with Crippen LogP contribution in [0.1, 0.15) is 39.0 Å². The summed E-state index contributed by atoms with van der Waals surface area (Å²) in [5.74, 6) is 0.440. The highest BCUT2D eigenvalue weighted by atomic mass is 15.5. The van der Waals surface area contributed by atoms with Crippen LogP contribution in [0, 0.1) is 12.8 Å². The maximum Gasteiger partial charge on any atom is 0.111 e. The highest BCUT2D eigenvalue weighted by molar-refractivity contribution is 6.01. The Hall–Kier alpha value is -2.29. The van der Waals surface area contributed by atoms with Gasteiger partial charge in [0, 0.05) is 30.1 Å². The van der Waals surface area contributed by atoms with Gasteiger partial charge in [0.05, 0.1) is 17.1 Å². The zero-order valence-corrected chi connectivity index (χ0v) is 15.4. The van der Waals surface area contributed by atoms with Crippen LogP contribution in [0.5, 0.6) is 0 Å². The Morgan fingerprint density at radius 2 is 1.75 bits per heavy atom. The van der Waals surface area contributed by atoms with Crippen LogP contribution in [0.3, 0.4) is 0 Å². The van der Waals surface area contributed by atoms with E-state index in [0.29, 0.717) is 5.92 Å². The molecule has 0 unspecified atom stereocenters. The van der Waals surface area contributed by atoms with Crippen LogP contribution in [-0.4, -0.2) is 22.6 Å². The normalized spacial score (nSPS) is 18.0. The summed E-state index contributed by atoms with van der Waals surface area (Å²) in [6.45, 7) is 11.4. The number of hydrogen-bond donors (Lipinski definition) is 0. The van der Waals surface area contributed by atoms with Crippen molar-refractivity contribution in [3.05, 3.63) is 53.5 Å². The molecule has 3 nitrogen and oxygen atoms in total. The van der Waals surface area contributed by atoms with E-state index in [0.717, 1.165) is 5.69 Å². The summed E-state index contributed by atoms with van der Waals surface area (Å²) in [4.78, 5) is 9.72. The molecule has 0 N–H and O–H groups in total. The zero-order chi connectivity index (χ0) is 17.2. The molecule has 0 spiro atoms. The smallest absolute Gasteiger partial charge is 0.111 e. The van der Waals surface area contributed by atoms with Crippen molar-refractivity contribution in [2.24, 2.45) is 5.92 Å². The molecular formula is C21H25N3. The highest BCUT2D eigenvalue weighted by Gasteiger charge is 2.48. The molecule has 1 aromatic heterocycles. The van der Waals surface area contributed by atoms with Crippen molar-refractivity contribution in [2.45, 2.75) is 40.3 Å². The van der Waals surface area contributed by atoms with Crippen molar-refractivity contribution in [3.8, 4) is 11.1 Å². The van der Waals surface area contributed by atoms with Crippen molar-refractivity contribution in [1.82, 2.24) is 9.88 Å². The van der Waals surface area contributed by atoms with Gasteiger partial charge in [-0.25, -0.2) is 0 Å². The van der Waals surface area contributed by atoms with E-state index in [9.17, 15) is 0 Å². The molecule has 0 saturated carbocycles. The van der Waals surface area contributed by atoms with Gasteiger partial charge in [-0.2, -0.15) is 0 Å². The lowest BCUT2D eigenvalue weighted by Crippen LogP contribution is -2.49. The molecule has 2 aliphatic heterocycles. The number of para-hydroxylation sites is 1. The largest absolute Gasteiger partial charge is 0.353 e. The van der Waals surface area contributed by atoms with Gasteiger partial charge in [0.25, 0.3) is 0 Å². The second kappa shape index (κ2) is 4.85. The van der Waals surface area contributed by atoms with Crippen LogP contribution in [0.4, 0.5) is 5.69 Å². The predicted molar refractivity (Wildman–Crippen MR) is 100 cm³/mol. The zero-order valence-electron chi connectivity index (χ0n) is 15.4. The lowest BCUT2D eigenvalue weighted by atomic mass is 9.90. The van der Waals surface area contributed by atoms with Crippen LogP contribution in [0.15, 0.2) is 42.2 Å². The van der Waals surface area contributed by atoms with Gasteiger partial charge in [-0.15, -0.1) is 0 Å². The Balaban J connectivity index is 2.16. The van der Waals surface area contributed by atoms with E-state index in [1.54, 1.807) is 0 Å². The molecule has 24 heavy (non-hydrogen) atoms. The minimum absolute atomic E-state index is 0.120. The third kappa shape index (κ3) is 1.75. The highest BCUT2D eigenvalue weighted by Crippen LogP contribution is 2.54. The summed E-state index contributed by atoms with van der Waals surface area (Å²) in [5, 5.41) is 0. The van der Waals surface area contributed by atoms with Crippen molar-refractivity contribution in [3.63, 3.8) is 0 Å². The molecule has 0 atom stereocenters. The van der Waals surface area contributed by atoms with Gasteiger partial charge < -0.3 is 9.80 Å². The molecule has 0 radical (unpaired) electrons. The van der Waals surface area contributed by atoms with Gasteiger partial charge in [0.2, 0.25) is 0 Å². The van der Waals surface area contributed by atoms with Gasteiger partial charge in [0.1, 0.15) is 5.66 Å². The quantitative estimate of drug-likeness (QED) is 0.746. The topological polar surface area (TPSA) is 19.4 Å². The number of aromatic nitrogens is 1. The maximum atomic E-state index is 4.80. The molecule has 3 heterocycles. The van der Waals surface area contributed by atoms with Crippen LogP contribution in [-0.2, 0) is 0 Å². The summed E-state index contributed by atoms with van der Waals surface area (Å²) < 4.78 is 0. The molecule has 0 amide bonds. The van der Waals surface area contributed by atoms with E-state index < -0.39 is 0 Å². The first kappa shape index (κ1) is 15.3. The number of fused-ring (bicyclic) bond motifs is 6. The van der Waals surface area contributed by atoms with E-state index in [1.807, 2.05) is 12.3 Å². The van der Waals surface area contributed by atoms with Gasteiger partial charge in [-0.05, 0) is 38.3 Å². The lowest BCUT2D eigenvalue weighted by Gasteiger charge is -2.43. The fourth-order valence-corrected chi connectivity index (χ4v) is 4.25. The van der Waals surface area contributed by atoms with Crippen molar-refractivity contribution in [2.75, 3.05) is 11.9 Å². The summed E-state index contributed by atoms with van der Waals surface area (Å²) >= 11 is 0. The average molecular weight is 319 g/mol. The molecule has 0 fully saturated rings. The fourth-order valence-electron chi connectivity index (χ4n) is 4.25. The first-order chi connectivity index (χ1) is 11.4. The Kier molecular flexibility index (Phi) is 3.08. The van der Waals surface area contributed by atoms with Crippen LogP contribution in [0.2, 0.25) is 0 Å². The summed E-state index contributed by atoms with van der Waals surface area (Å²) in [7, 11) is 2.21. The first-order valence-corrected chi connectivity index (χ1v) is 8.69. The number of hydrogen-bond acceptors (Lipinski definition) is 3. The third-order valence-electron chi connectivity index (χ3n) is 5.53. The molecule has 1 aromatic carbocycles. The molecule has 4 rings (SSSR count). The summed E-state index contributed by atoms with van der Waals surface area (Å²) in [5.41, 5.74) is 8.79. The van der Waals surface area contributed by atoms with E-state index in [2.05, 4.69) is 75.7 Å². The minimum Gasteiger partial charge on any atom is -0.353 e. The van der Waals surface area contributed by atoms with Crippen LogP contribution in [0.25, 0.3) is 16.8 Å². The fraction of sp³-hybridized carbons (Fsp3) is 0.381. The van der Waals surface area contributed by atoms with Crippen molar-refractivity contribution in [1.29, 1.82) is 0 Å². The van der Waals surface area contributed by atoms with Gasteiger partial charge in [0.15, 0.2) is 0 Å². The number of nitrogens with zero attached hydrogens (tertiary/aromatic N) is 3. The Morgan fingerprint density at radius 1 is 1.04 bits per heavy atom. The SMILES string of the molecule is Cc1cccc2c1N1C(=C(C(C)C)N(C)C1(C)C)c1ncccc1-2. The summed E-state index contributed by atoms with van der Waals surface area (Å²) in [6, 6.07) is 10.8. The van der Waals surface area contributed by atoms with Crippen molar-refractivity contribution >= 4 is 11.4 Å². The second-order valence-corrected chi connectivity index (χ2v) is 7.65. The van der Waals surface area contributed by atoms with Gasteiger partial charge in [-0.1, -0.05) is 38.1 Å². The molecule has 0 saturated heterocycles. The number of pyridine rings is 1. The average Bonchev–Trinajstić information content (AvgIpc) is 2.75. The summed E-state index contributed by atoms with van der Waals surface area (Å²) in [6.07, 6.45) is 1.91. The van der Waals surface area contributed by atoms with E-state index >= 15 is 0 Å². The van der Waals surface area contributed by atoms with Crippen molar-refractivity contribution < 1.29 is 0 Å². The number of aryl methyl sites for hydroxylation is 1.